The topological polar surface area (TPSA) is 38.9 Å². The monoisotopic (exact) mass is 236 g/mol. The molecule has 0 aliphatic rings. The summed E-state index contributed by atoms with van der Waals surface area (Å²) in [6.45, 7) is 3.86. The van der Waals surface area contributed by atoms with E-state index in [2.05, 4.69) is 4.98 Å². The first-order valence-corrected chi connectivity index (χ1v) is 5.87. The first-order chi connectivity index (χ1) is 7.58. The second kappa shape index (κ2) is 4.31. The van der Waals surface area contributed by atoms with Gasteiger partial charge in [0, 0.05) is 22.7 Å². The van der Waals surface area contributed by atoms with E-state index in [0.29, 0.717) is 0 Å². The van der Waals surface area contributed by atoms with Gasteiger partial charge in [0.15, 0.2) is 0 Å². The van der Waals surface area contributed by atoms with Gasteiger partial charge in [0.2, 0.25) is 0 Å². The van der Waals surface area contributed by atoms with Gasteiger partial charge in [-0.3, -0.25) is 0 Å². The van der Waals surface area contributed by atoms with Crippen LogP contribution in [0.15, 0.2) is 24.4 Å². The fourth-order valence-electron chi connectivity index (χ4n) is 1.45. The van der Waals surface area contributed by atoms with Crippen LogP contribution in [-0.4, -0.2) is 4.98 Å². The quantitative estimate of drug-likeness (QED) is 0.869. The SMILES string of the molecule is Cc1ccc(F)cc1-c1ncc(C(C)N)s1. The van der Waals surface area contributed by atoms with Crippen LogP contribution in [0, 0.1) is 12.7 Å². The van der Waals surface area contributed by atoms with Crippen LogP contribution >= 0.6 is 11.3 Å². The number of rotatable bonds is 2. The Labute approximate surface area is 97.9 Å². The molecule has 2 rings (SSSR count). The minimum absolute atomic E-state index is 0.0277. The highest BCUT2D eigenvalue weighted by atomic mass is 32.1. The molecule has 1 unspecified atom stereocenters. The van der Waals surface area contributed by atoms with Crippen LogP contribution in [0.1, 0.15) is 23.4 Å². The van der Waals surface area contributed by atoms with Crippen LogP contribution < -0.4 is 5.73 Å². The third-order valence-electron chi connectivity index (χ3n) is 2.40. The minimum atomic E-state index is -0.238. The zero-order valence-electron chi connectivity index (χ0n) is 9.20. The van der Waals surface area contributed by atoms with Gasteiger partial charge in [-0.15, -0.1) is 11.3 Å². The number of benzene rings is 1. The maximum Gasteiger partial charge on any atom is 0.123 e. The molecule has 0 saturated heterocycles. The van der Waals surface area contributed by atoms with Crippen molar-refractivity contribution in [3.8, 4) is 10.6 Å². The maximum absolute atomic E-state index is 13.2. The molecule has 1 atom stereocenters. The number of hydrogen-bond donors (Lipinski definition) is 1. The Kier molecular flexibility index (Phi) is 3.03. The summed E-state index contributed by atoms with van der Waals surface area (Å²) in [6, 6.07) is 4.70. The van der Waals surface area contributed by atoms with E-state index in [-0.39, 0.29) is 11.9 Å². The van der Waals surface area contributed by atoms with Crippen LogP contribution in [0.25, 0.3) is 10.6 Å². The Morgan fingerprint density at radius 2 is 2.19 bits per heavy atom. The Balaban J connectivity index is 2.46. The fraction of sp³-hybridized carbons (Fsp3) is 0.250. The molecule has 1 aromatic heterocycles. The van der Waals surface area contributed by atoms with Crippen molar-refractivity contribution < 1.29 is 4.39 Å². The van der Waals surface area contributed by atoms with Crippen molar-refractivity contribution in [2.45, 2.75) is 19.9 Å². The standard InChI is InChI=1S/C12H13FN2S/c1-7-3-4-9(13)5-10(7)12-15-6-11(16-12)8(2)14/h3-6,8H,14H2,1-2H3. The summed E-state index contributed by atoms with van der Waals surface area (Å²) in [5.74, 6) is -0.238. The van der Waals surface area contributed by atoms with Crippen molar-refractivity contribution >= 4 is 11.3 Å². The number of nitrogens with zero attached hydrogens (tertiary/aromatic N) is 1. The van der Waals surface area contributed by atoms with E-state index in [1.807, 2.05) is 13.8 Å². The van der Waals surface area contributed by atoms with E-state index < -0.39 is 0 Å². The average Bonchev–Trinajstić information content (AvgIpc) is 2.70. The Morgan fingerprint density at radius 3 is 2.81 bits per heavy atom. The van der Waals surface area contributed by atoms with Crippen LogP contribution in [0.4, 0.5) is 4.39 Å². The lowest BCUT2D eigenvalue weighted by Gasteiger charge is -2.02. The van der Waals surface area contributed by atoms with Crippen molar-refractivity contribution in [3.63, 3.8) is 0 Å². The zero-order valence-corrected chi connectivity index (χ0v) is 10.0. The molecule has 0 amide bonds. The molecule has 1 heterocycles. The molecule has 16 heavy (non-hydrogen) atoms. The molecule has 2 aromatic rings. The van der Waals surface area contributed by atoms with Crippen LogP contribution in [-0.2, 0) is 0 Å². The summed E-state index contributed by atoms with van der Waals surface area (Å²) in [5, 5.41) is 0.823. The molecular formula is C12H13FN2S. The van der Waals surface area contributed by atoms with Gasteiger partial charge in [-0.25, -0.2) is 9.37 Å². The third-order valence-corrected chi connectivity index (χ3v) is 3.63. The summed E-state index contributed by atoms with van der Waals surface area (Å²) >= 11 is 1.51. The summed E-state index contributed by atoms with van der Waals surface area (Å²) in [5.41, 5.74) is 7.63. The van der Waals surface area contributed by atoms with Gasteiger partial charge in [-0.1, -0.05) is 6.07 Å². The third kappa shape index (κ3) is 2.13. The average molecular weight is 236 g/mol. The molecule has 1 aromatic carbocycles. The van der Waals surface area contributed by atoms with Crippen molar-refractivity contribution in [1.82, 2.24) is 4.98 Å². The summed E-state index contributed by atoms with van der Waals surface area (Å²) < 4.78 is 13.2. The van der Waals surface area contributed by atoms with Crippen LogP contribution in [0.3, 0.4) is 0 Å². The molecule has 0 radical (unpaired) electrons. The molecule has 2 N–H and O–H groups in total. The lowest BCUT2D eigenvalue weighted by atomic mass is 10.1. The van der Waals surface area contributed by atoms with Gasteiger partial charge in [0.05, 0.1) is 0 Å². The van der Waals surface area contributed by atoms with Crippen molar-refractivity contribution in [3.05, 3.63) is 40.7 Å². The second-order valence-electron chi connectivity index (χ2n) is 3.82. The molecule has 84 valence electrons. The number of nitrogens with two attached hydrogens (primary N) is 1. The molecule has 0 saturated carbocycles. The number of halogens is 1. The molecule has 0 aliphatic heterocycles. The van der Waals surface area contributed by atoms with Gasteiger partial charge in [0.1, 0.15) is 10.8 Å². The Morgan fingerprint density at radius 1 is 1.44 bits per heavy atom. The molecule has 0 aliphatic carbocycles. The van der Waals surface area contributed by atoms with Crippen LogP contribution in [0.5, 0.6) is 0 Å². The minimum Gasteiger partial charge on any atom is -0.323 e. The first-order valence-electron chi connectivity index (χ1n) is 5.06. The fourth-order valence-corrected chi connectivity index (χ4v) is 2.40. The summed E-state index contributed by atoms with van der Waals surface area (Å²) in [6.07, 6.45) is 1.76. The van der Waals surface area contributed by atoms with E-state index in [4.69, 9.17) is 5.73 Å². The lowest BCUT2D eigenvalue weighted by Crippen LogP contribution is -2.01. The Hall–Kier alpha value is -1.26. The van der Waals surface area contributed by atoms with E-state index in [1.165, 1.54) is 23.5 Å². The van der Waals surface area contributed by atoms with E-state index >= 15 is 0 Å². The number of thiazole rings is 1. The smallest absolute Gasteiger partial charge is 0.123 e. The largest absolute Gasteiger partial charge is 0.323 e. The highest BCUT2D eigenvalue weighted by Crippen LogP contribution is 2.30. The molecular weight excluding hydrogens is 223 g/mol. The predicted octanol–water partition coefficient (Wildman–Crippen LogP) is 3.28. The van der Waals surface area contributed by atoms with Crippen molar-refractivity contribution in [2.75, 3.05) is 0 Å². The molecule has 2 nitrogen and oxygen atoms in total. The van der Waals surface area contributed by atoms with Gasteiger partial charge < -0.3 is 5.73 Å². The second-order valence-corrected chi connectivity index (χ2v) is 4.88. The molecule has 0 bridgehead atoms. The van der Waals surface area contributed by atoms with Gasteiger partial charge >= 0.3 is 0 Å². The predicted molar refractivity (Wildman–Crippen MR) is 64.8 cm³/mol. The van der Waals surface area contributed by atoms with E-state index in [9.17, 15) is 4.39 Å². The van der Waals surface area contributed by atoms with E-state index in [1.54, 1.807) is 12.3 Å². The van der Waals surface area contributed by atoms with Gasteiger partial charge in [-0.2, -0.15) is 0 Å². The highest BCUT2D eigenvalue weighted by molar-refractivity contribution is 7.15. The van der Waals surface area contributed by atoms with Crippen LogP contribution in [0.2, 0.25) is 0 Å². The summed E-state index contributed by atoms with van der Waals surface area (Å²) in [4.78, 5) is 5.29. The normalized spacial score (nSPS) is 12.8. The van der Waals surface area contributed by atoms with Crippen molar-refractivity contribution in [2.24, 2.45) is 5.73 Å². The number of aryl methyl sites for hydroxylation is 1. The highest BCUT2D eigenvalue weighted by Gasteiger charge is 2.10. The summed E-state index contributed by atoms with van der Waals surface area (Å²) in [7, 11) is 0. The zero-order chi connectivity index (χ0) is 11.7. The maximum atomic E-state index is 13.2. The molecule has 4 heteroatoms. The first kappa shape index (κ1) is 11.2. The van der Waals surface area contributed by atoms with Gasteiger partial charge in [-0.05, 0) is 31.5 Å². The number of hydrogen-bond acceptors (Lipinski definition) is 3. The van der Waals surface area contributed by atoms with E-state index in [0.717, 1.165) is 21.0 Å². The number of aromatic nitrogens is 1. The lowest BCUT2D eigenvalue weighted by molar-refractivity contribution is 0.628. The molecule has 0 spiro atoms. The van der Waals surface area contributed by atoms with Gasteiger partial charge in [0.25, 0.3) is 0 Å². The molecule has 0 fully saturated rings. The Bertz CT molecular complexity index is 505. The van der Waals surface area contributed by atoms with Crippen molar-refractivity contribution in [1.29, 1.82) is 0 Å².